The van der Waals surface area contributed by atoms with Crippen molar-refractivity contribution in [3.8, 4) is 0 Å². The molecule has 0 rings (SSSR count). The lowest BCUT2D eigenvalue weighted by molar-refractivity contribution is 0.563. The zero-order chi connectivity index (χ0) is 9.33. The van der Waals surface area contributed by atoms with Crippen molar-refractivity contribution >= 4 is 14.2 Å². The third-order valence-electron chi connectivity index (χ3n) is 1.28. The Balaban J connectivity index is 0. The van der Waals surface area contributed by atoms with E-state index in [1.807, 2.05) is 0 Å². The molecule has 3 heteroatoms. The van der Waals surface area contributed by atoms with Crippen LogP contribution in [0.4, 0.5) is 0 Å². The molecule has 0 unspecified atom stereocenters. The summed E-state index contributed by atoms with van der Waals surface area (Å²) >= 11 is 0. The summed E-state index contributed by atoms with van der Waals surface area (Å²) in [7, 11) is -0.678. The second-order valence-corrected chi connectivity index (χ2v) is 9.39. The summed E-state index contributed by atoms with van der Waals surface area (Å²) in [5.41, 5.74) is 0. The Morgan fingerprint density at radius 2 is 1.73 bits per heavy atom. The van der Waals surface area contributed by atoms with E-state index < -0.39 is 8.07 Å². The van der Waals surface area contributed by atoms with Crippen LogP contribution in [0.2, 0.25) is 25.7 Å². The SMILES string of the molecule is CCCC[Si](C)(C)C.N=C=O. The van der Waals surface area contributed by atoms with Gasteiger partial charge in [-0.1, -0.05) is 45.5 Å². The van der Waals surface area contributed by atoms with Gasteiger partial charge in [0.25, 0.3) is 0 Å². The Bertz CT molecular complexity index is 112. The summed E-state index contributed by atoms with van der Waals surface area (Å²) in [6.07, 6.45) is 3.56. The maximum atomic E-state index is 8.35. The molecule has 0 saturated carbocycles. The van der Waals surface area contributed by atoms with Gasteiger partial charge in [0.05, 0.1) is 0 Å². The van der Waals surface area contributed by atoms with Crippen molar-refractivity contribution in [3.63, 3.8) is 0 Å². The molecule has 0 aliphatic rings. The number of hydrogen-bond donors (Lipinski definition) is 1. The predicted octanol–water partition coefficient (Wildman–Crippen LogP) is 3.03. The highest BCUT2D eigenvalue weighted by atomic mass is 28.3. The Morgan fingerprint density at radius 1 is 1.36 bits per heavy atom. The van der Waals surface area contributed by atoms with Crippen LogP contribution < -0.4 is 0 Å². The van der Waals surface area contributed by atoms with E-state index >= 15 is 0 Å². The molecule has 0 atom stereocenters. The van der Waals surface area contributed by atoms with Gasteiger partial charge in [-0.05, 0) is 0 Å². The first-order valence-corrected chi connectivity index (χ1v) is 7.72. The molecule has 0 radical (unpaired) electrons. The van der Waals surface area contributed by atoms with E-state index in [4.69, 9.17) is 10.2 Å². The van der Waals surface area contributed by atoms with Crippen LogP contribution in [0.25, 0.3) is 0 Å². The van der Waals surface area contributed by atoms with Gasteiger partial charge in [-0.2, -0.15) is 0 Å². The zero-order valence-corrected chi connectivity index (χ0v) is 9.03. The van der Waals surface area contributed by atoms with Crippen molar-refractivity contribution in [1.82, 2.24) is 0 Å². The smallest absolute Gasteiger partial charge is 0.222 e. The molecule has 0 heterocycles. The predicted molar refractivity (Wildman–Crippen MR) is 51.5 cm³/mol. The van der Waals surface area contributed by atoms with Crippen LogP contribution in [0.15, 0.2) is 0 Å². The van der Waals surface area contributed by atoms with Crippen LogP contribution in [-0.4, -0.2) is 14.2 Å². The number of hydrogen-bond acceptors (Lipinski definition) is 2. The second-order valence-electron chi connectivity index (χ2n) is 3.77. The summed E-state index contributed by atoms with van der Waals surface area (Å²) in [5, 5.41) is 5.40. The van der Waals surface area contributed by atoms with E-state index in [1.54, 1.807) is 0 Å². The first kappa shape index (κ1) is 13.2. The molecule has 0 aliphatic carbocycles. The topological polar surface area (TPSA) is 40.9 Å². The van der Waals surface area contributed by atoms with Gasteiger partial charge in [-0.15, -0.1) is 0 Å². The number of unbranched alkanes of at least 4 members (excludes halogenated alkanes) is 1. The van der Waals surface area contributed by atoms with Crippen molar-refractivity contribution in [1.29, 1.82) is 5.41 Å². The fourth-order valence-corrected chi connectivity index (χ4v) is 2.12. The van der Waals surface area contributed by atoms with Gasteiger partial charge in [0.15, 0.2) is 0 Å². The van der Waals surface area contributed by atoms with Gasteiger partial charge in [-0.3, -0.25) is 0 Å². The molecule has 66 valence electrons. The van der Waals surface area contributed by atoms with Crippen LogP contribution in [0.1, 0.15) is 19.8 Å². The highest BCUT2D eigenvalue weighted by Crippen LogP contribution is 2.11. The number of carbonyl (C=O) groups excluding carboxylic acids is 1. The standard InChI is InChI=1S/C7H18Si.CHNO/c1-5-6-7-8(2,3)4;2-1-3/h5-7H2,1-4H3;2H. The molecular weight excluding hydrogens is 154 g/mol. The third kappa shape index (κ3) is 26.2. The number of rotatable bonds is 3. The molecule has 0 amide bonds. The fraction of sp³-hybridized carbons (Fsp3) is 0.875. The Hall–Kier alpha value is -0.403. The fourth-order valence-electron chi connectivity index (χ4n) is 0.707. The minimum atomic E-state index is -0.678. The minimum absolute atomic E-state index is 0.678. The molecule has 1 N–H and O–H groups in total. The molecule has 0 fully saturated rings. The molecule has 0 aliphatic heterocycles. The van der Waals surface area contributed by atoms with Crippen molar-refractivity contribution in [2.75, 3.05) is 0 Å². The molecule has 0 aromatic rings. The Kier molecular flexibility index (Phi) is 9.25. The highest BCUT2D eigenvalue weighted by Gasteiger charge is 2.10. The van der Waals surface area contributed by atoms with Crippen LogP contribution in [-0.2, 0) is 4.79 Å². The van der Waals surface area contributed by atoms with Gasteiger partial charge in [0.1, 0.15) is 0 Å². The number of nitrogens with one attached hydrogen (secondary N) is 1. The van der Waals surface area contributed by atoms with Crippen molar-refractivity contribution in [2.24, 2.45) is 0 Å². The average Bonchev–Trinajstić information content (AvgIpc) is 1.84. The Labute approximate surface area is 70.5 Å². The third-order valence-corrected chi connectivity index (χ3v) is 3.13. The highest BCUT2D eigenvalue weighted by molar-refractivity contribution is 6.76. The molecule has 11 heavy (non-hydrogen) atoms. The van der Waals surface area contributed by atoms with Gasteiger partial charge >= 0.3 is 0 Å². The van der Waals surface area contributed by atoms with Gasteiger partial charge in [0.2, 0.25) is 6.08 Å². The molecule has 0 saturated heterocycles. The van der Waals surface area contributed by atoms with Crippen LogP contribution in [0, 0.1) is 5.41 Å². The first-order chi connectivity index (χ1) is 4.97. The molecule has 0 aromatic carbocycles. The maximum absolute atomic E-state index is 8.35. The van der Waals surface area contributed by atoms with Gasteiger partial charge < -0.3 is 0 Å². The lowest BCUT2D eigenvalue weighted by Gasteiger charge is -2.13. The van der Waals surface area contributed by atoms with E-state index in [0.29, 0.717) is 0 Å². The second kappa shape index (κ2) is 7.70. The van der Waals surface area contributed by atoms with Crippen LogP contribution >= 0.6 is 0 Å². The first-order valence-electron chi connectivity index (χ1n) is 4.01. The quantitative estimate of drug-likeness (QED) is 0.398. The van der Waals surface area contributed by atoms with E-state index in [0.717, 1.165) is 6.08 Å². The summed E-state index contributed by atoms with van der Waals surface area (Å²) < 4.78 is 0. The molecule has 0 aromatic heterocycles. The summed E-state index contributed by atoms with van der Waals surface area (Å²) in [4.78, 5) is 8.35. The lowest BCUT2D eigenvalue weighted by atomic mass is 10.4. The van der Waals surface area contributed by atoms with Crippen molar-refractivity contribution < 1.29 is 4.79 Å². The molecule has 2 nitrogen and oxygen atoms in total. The van der Waals surface area contributed by atoms with E-state index in [1.165, 1.54) is 18.9 Å². The van der Waals surface area contributed by atoms with E-state index in [2.05, 4.69) is 26.6 Å². The average molecular weight is 173 g/mol. The maximum Gasteiger partial charge on any atom is 0.231 e. The van der Waals surface area contributed by atoms with Crippen LogP contribution in [0.3, 0.4) is 0 Å². The molecule has 0 spiro atoms. The minimum Gasteiger partial charge on any atom is -0.222 e. The molecule has 0 bridgehead atoms. The largest absolute Gasteiger partial charge is 0.231 e. The van der Waals surface area contributed by atoms with Crippen LogP contribution in [0.5, 0.6) is 0 Å². The summed E-state index contributed by atoms with van der Waals surface area (Å²) in [6.45, 7) is 9.56. The molecular formula is C8H19NOSi. The van der Waals surface area contributed by atoms with Gasteiger partial charge in [-0.25, -0.2) is 10.2 Å². The number of isocyanates is 1. The van der Waals surface area contributed by atoms with Gasteiger partial charge in [0, 0.05) is 8.07 Å². The van der Waals surface area contributed by atoms with E-state index in [9.17, 15) is 0 Å². The zero-order valence-electron chi connectivity index (χ0n) is 8.03. The monoisotopic (exact) mass is 173 g/mol. The van der Waals surface area contributed by atoms with Crippen molar-refractivity contribution in [2.45, 2.75) is 45.5 Å². The van der Waals surface area contributed by atoms with E-state index in [-0.39, 0.29) is 0 Å². The normalized spacial score (nSPS) is 9.45. The summed E-state index contributed by atoms with van der Waals surface area (Å²) in [5.74, 6) is 0. The van der Waals surface area contributed by atoms with Crippen molar-refractivity contribution in [3.05, 3.63) is 0 Å². The summed E-state index contributed by atoms with van der Waals surface area (Å²) in [6, 6.07) is 1.50. The lowest BCUT2D eigenvalue weighted by Crippen LogP contribution is -2.18. The Morgan fingerprint density at radius 3 is 1.82 bits per heavy atom.